The maximum atomic E-state index is 13.8. The molecule has 0 unspecified atom stereocenters. The zero-order chi connectivity index (χ0) is 15.7. The highest BCUT2D eigenvalue weighted by Crippen LogP contribution is 2.51. The van der Waals surface area contributed by atoms with Crippen molar-refractivity contribution in [2.24, 2.45) is 0 Å². The van der Waals surface area contributed by atoms with Crippen molar-refractivity contribution < 1.29 is 4.39 Å². The summed E-state index contributed by atoms with van der Waals surface area (Å²) in [5.41, 5.74) is 3.76. The molecule has 0 saturated heterocycles. The van der Waals surface area contributed by atoms with Crippen LogP contribution < -0.4 is 0 Å². The molecule has 3 aromatic rings. The van der Waals surface area contributed by atoms with Crippen molar-refractivity contribution in [1.82, 2.24) is 9.55 Å². The van der Waals surface area contributed by atoms with E-state index in [1.807, 2.05) is 24.3 Å². The molecule has 0 atom stereocenters. The molecule has 2 heterocycles. The normalized spacial score (nSPS) is 18.0. The summed E-state index contributed by atoms with van der Waals surface area (Å²) >= 11 is 0. The van der Waals surface area contributed by atoms with Gasteiger partial charge in [0.05, 0.1) is 16.6 Å². The van der Waals surface area contributed by atoms with Crippen molar-refractivity contribution in [2.75, 3.05) is 0 Å². The molecule has 2 aromatic carbocycles. The maximum absolute atomic E-state index is 13.8. The Morgan fingerprint density at radius 2 is 1.73 bits per heavy atom. The fourth-order valence-corrected chi connectivity index (χ4v) is 3.61. The Balaban J connectivity index is 2.20. The van der Waals surface area contributed by atoms with Gasteiger partial charge in [0.15, 0.2) is 0 Å². The van der Waals surface area contributed by atoms with Crippen LogP contribution in [-0.4, -0.2) is 9.55 Å². The van der Waals surface area contributed by atoms with Crippen LogP contribution >= 0.6 is 0 Å². The van der Waals surface area contributed by atoms with Gasteiger partial charge in [0.25, 0.3) is 0 Å². The number of benzene rings is 2. The smallest absolute Gasteiger partial charge is 0.141 e. The van der Waals surface area contributed by atoms with Crippen LogP contribution in [0.4, 0.5) is 4.39 Å². The SMILES string of the molecule is CC1(C)c2cc(F)ccc2-c2nc3ccccc3n2C1(C)C. The molecule has 1 aliphatic heterocycles. The Kier molecular flexibility index (Phi) is 2.44. The summed E-state index contributed by atoms with van der Waals surface area (Å²) < 4.78 is 16.2. The monoisotopic (exact) mass is 294 g/mol. The zero-order valence-corrected chi connectivity index (χ0v) is 13.3. The largest absolute Gasteiger partial charge is 0.317 e. The molecule has 1 aliphatic rings. The molecule has 4 rings (SSSR count). The van der Waals surface area contributed by atoms with E-state index in [1.165, 1.54) is 6.07 Å². The first-order chi connectivity index (χ1) is 10.3. The van der Waals surface area contributed by atoms with E-state index in [2.05, 4.69) is 38.3 Å². The molecular formula is C19H19FN2. The fourth-order valence-electron chi connectivity index (χ4n) is 3.61. The molecule has 3 heteroatoms. The standard InChI is InChI=1S/C19H19FN2/c1-18(2)14-11-12(20)9-10-13(14)17-21-15-7-5-6-8-16(15)22(17)19(18,3)4/h5-11H,1-4H3. The van der Waals surface area contributed by atoms with Crippen LogP contribution in [-0.2, 0) is 11.0 Å². The molecule has 2 nitrogen and oxygen atoms in total. The summed E-state index contributed by atoms with van der Waals surface area (Å²) in [6, 6.07) is 13.2. The number of halogens is 1. The number of hydrogen-bond donors (Lipinski definition) is 0. The number of aromatic nitrogens is 2. The van der Waals surface area contributed by atoms with Crippen molar-refractivity contribution in [3.8, 4) is 11.4 Å². The van der Waals surface area contributed by atoms with Gasteiger partial charge in [0.2, 0.25) is 0 Å². The fraction of sp³-hybridized carbons (Fsp3) is 0.316. The molecule has 0 radical (unpaired) electrons. The molecule has 112 valence electrons. The minimum atomic E-state index is -0.209. The van der Waals surface area contributed by atoms with Gasteiger partial charge in [0.1, 0.15) is 11.6 Å². The Morgan fingerprint density at radius 1 is 1.00 bits per heavy atom. The van der Waals surface area contributed by atoms with Gasteiger partial charge in [-0.1, -0.05) is 26.0 Å². The molecule has 0 bridgehead atoms. The molecule has 0 N–H and O–H groups in total. The summed E-state index contributed by atoms with van der Waals surface area (Å²) in [7, 11) is 0. The first kappa shape index (κ1) is 13.5. The van der Waals surface area contributed by atoms with Gasteiger partial charge in [-0.2, -0.15) is 0 Å². The summed E-state index contributed by atoms with van der Waals surface area (Å²) in [5.74, 6) is 0.743. The van der Waals surface area contributed by atoms with E-state index in [1.54, 1.807) is 6.07 Å². The quantitative estimate of drug-likeness (QED) is 0.578. The number of imidazole rings is 1. The average Bonchev–Trinajstić information content (AvgIpc) is 2.85. The summed E-state index contributed by atoms with van der Waals surface area (Å²) in [6.07, 6.45) is 0. The third-order valence-corrected chi connectivity index (χ3v) is 5.55. The number of fused-ring (bicyclic) bond motifs is 5. The van der Waals surface area contributed by atoms with Crippen molar-refractivity contribution in [3.63, 3.8) is 0 Å². The second-order valence-electron chi connectivity index (χ2n) is 7.13. The van der Waals surface area contributed by atoms with E-state index in [4.69, 9.17) is 4.98 Å². The highest BCUT2D eigenvalue weighted by atomic mass is 19.1. The maximum Gasteiger partial charge on any atom is 0.141 e. The number of para-hydroxylation sites is 2. The first-order valence-corrected chi connectivity index (χ1v) is 7.62. The summed E-state index contributed by atoms with van der Waals surface area (Å²) in [4.78, 5) is 4.83. The molecule has 0 aliphatic carbocycles. The van der Waals surface area contributed by atoms with Crippen LogP contribution in [0.3, 0.4) is 0 Å². The topological polar surface area (TPSA) is 17.8 Å². The minimum Gasteiger partial charge on any atom is -0.317 e. The Labute approximate surface area is 129 Å². The van der Waals surface area contributed by atoms with Crippen LogP contribution in [0.2, 0.25) is 0 Å². The van der Waals surface area contributed by atoms with E-state index >= 15 is 0 Å². The van der Waals surface area contributed by atoms with Gasteiger partial charge in [-0.05, 0) is 49.7 Å². The van der Waals surface area contributed by atoms with Gasteiger partial charge < -0.3 is 4.57 Å². The van der Waals surface area contributed by atoms with Crippen LogP contribution in [0.5, 0.6) is 0 Å². The second-order valence-corrected chi connectivity index (χ2v) is 7.13. The van der Waals surface area contributed by atoms with Gasteiger partial charge >= 0.3 is 0 Å². The van der Waals surface area contributed by atoms with Crippen LogP contribution in [0, 0.1) is 5.82 Å². The third-order valence-electron chi connectivity index (χ3n) is 5.55. The highest BCUT2D eigenvalue weighted by molar-refractivity contribution is 5.83. The van der Waals surface area contributed by atoms with E-state index in [0.717, 1.165) is 28.0 Å². The van der Waals surface area contributed by atoms with Gasteiger partial charge in [-0.15, -0.1) is 0 Å². The van der Waals surface area contributed by atoms with E-state index in [-0.39, 0.29) is 16.8 Å². The van der Waals surface area contributed by atoms with Crippen molar-refractivity contribution in [1.29, 1.82) is 0 Å². The first-order valence-electron chi connectivity index (χ1n) is 7.62. The highest BCUT2D eigenvalue weighted by Gasteiger charge is 2.47. The lowest BCUT2D eigenvalue weighted by Crippen LogP contribution is -2.48. The zero-order valence-electron chi connectivity index (χ0n) is 13.3. The van der Waals surface area contributed by atoms with Crippen molar-refractivity contribution in [3.05, 3.63) is 53.8 Å². The lowest BCUT2D eigenvalue weighted by atomic mass is 9.66. The number of rotatable bonds is 0. The predicted molar refractivity (Wildman–Crippen MR) is 87.5 cm³/mol. The summed E-state index contributed by atoms with van der Waals surface area (Å²) in [6.45, 7) is 8.78. The van der Waals surface area contributed by atoms with Crippen LogP contribution in [0.15, 0.2) is 42.5 Å². The molecule has 1 aromatic heterocycles. The van der Waals surface area contributed by atoms with E-state index < -0.39 is 0 Å². The van der Waals surface area contributed by atoms with Gasteiger partial charge in [-0.3, -0.25) is 0 Å². The Morgan fingerprint density at radius 3 is 2.50 bits per heavy atom. The Hall–Kier alpha value is -2.16. The third kappa shape index (κ3) is 1.46. The molecule has 0 amide bonds. The van der Waals surface area contributed by atoms with Crippen LogP contribution in [0.25, 0.3) is 22.4 Å². The summed E-state index contributed by atoms with van der Waals surface area (Å²) in [5, 5.41) is 0. The van der Waals surface area contributed by atoms with Crippen molar-refractivity contribution in [2.45, 2.75) is 38.6 Å². The van der Waals surface area contributed by atoms with E-state index in [9.17, 15) is 4.39 Å². The lowest BCUT2D eigenvalue weighted by molar-refractivity contribution is 0.201. The second kappa shape index (κ2) is 3.97. The number of nitrogens with zero attached hydrogens (tertiary/aromatic N) is 2. The van der Waals surface area contributed by atoms with Crippen LogP contribution in [0.1, 0.15) is 33.3 Å². The van der Waals surface area contributed by atoms with E-state index in [0.29, 0.717) is 0 Å². The predicted octanol–water partition coefficient (Wildman–Crippen LogP) is 4.87. The molecular weight excluding hydrogens is 275 g/mol. The average molecular weight is 294 g/mol. The lowest BCUT2D eigenvalue weighted by Gasteiger charge is -2.48. The molecule has 0 saturated carbocycles. The van der Waals surface area contributed by atoms with Crippen molar-refractivity contribution >= 4 is 11.0 Å². The van der Waals surface area contributed by atoms with Gasteiger partial charge in [-0.25, -0.2) is 9.37 Å². The number of hydrogen-bond acceptors (Lipinski definition) is 1. The Bertz CT molecular complexity index is 903. The molecule has 0 spiro atoms. The molecule has 0 fully saturated rings. The minimum absolute atomic E-state index is 0.188. The van der Waals surface area contributed by atoms with Gasteiger partial charge in [0, 0.05) is 11.0 Å². The molecule has 22 heavy (non-hydrogen) atoms.